The molecule has 0 aliphatic rings. The van der Waals surface area contributed by atoms with Crippen molar-refractivity contribution in [2.75, 3.05) is 7.05 Å². The number of hydrogen-bond acceptors (Lipinski definition) is 4. The maximum Gasteiger partial charge on any atom is 0.272 e. The van der Waals surface area contributed by atoms with Crippen molar-refractivity contribution in [2.24, 2.45) is 0 Å². The molecule has 0 aliphatic carbocycles. The molecule has 3 rings (SSSR count). The quantitative estimate of drug-likeness (QED) is 0.746. The highest BCUT2D eigenvalue weighted by molar-refractivity contribution is 5.95. The normalized spacial score (nSPS) is 12.1. The molecule has 0 spiro atoms. The molecule has 2 aromatic heterocycles. The molecule has 1 atom stereocenters. The molecule has 2 heterocycles. The van der Waals surface area contributed by atoms with Crippen molar-refractivity contribution >= 4 is 16.8 Å². The van der Waals surface area contributed by atoms with Crippen LogP contribution in [0.3, 0.4) is 0 Å². The number of para-hydroxylation sites is 1. The lowest BCUT2D eigenvalue weighted by Gasteiger charge is -2.24. The number of hydrogen-bond donors (Lipinski definition) is 0. The summed E-state index contributed by atoms with van der Waals surface area (Å²) < 4.78 is 13.8. The SMILES string of the molecule is C[C@@H](c1ccncn1)N(C)C(=O)c1ccc2cccc(F)c2n1. The molecular weight excluding hydrogens is 295 g/mol. The number of nitrogens with zero attached hydrogens (tertiary/aromatic N) is 4. The highest BCUT2D eigenvalue weighted by Gasteiger charge is 2.21. The van der Waals surface area contributed by atoms with E-state index < -0.39 is 5.82 Å². The maximum atomic E-state index is 13.8. The number of fused-ring (bicyclic) bond motifs is 1. The monoisotopic (exact) mass is 310 g/mol. The van der Waals surface area contributed by atoms with Crippen LogP contribution < -0.4 is 0 Å². The van der Waals surface area contributed by atoms with Crippen LogP contribution in [0.5, 0.6) is 0 Å². The third-order valence-electron chi connectivity index (χ3n) is 3.82. The number of benzene rings is 1. The first-order valence-electron chi connectivity index (χ1n) is 7.16. The summed E-state index contributed by atoms with van der Waals surface area (Å²) in [4.78, 5) is 26.3. The summed E-state index contributed by atoms with van der Waals surface area (Å²) in [5, 5.41) is 0.660. The lowest BCUT2D eigenvalue weighted by Crippen LogP contribution is -2.30. The summed E-state index contributed by atoms with van der Waals surface area (Å²) in [5.41, 5.74) is 1.12. The van der Waals surface area contributed by atoms with Crippen molar-refractivity contribution in [1.29, 1.82) is 0 Å². The van der Waals surface area contributed by atoms with Gasteiger partial charge in [0.1, 0.15) is 23.4 Å². The van der Waals surface area contributed by atoms with Gasteiger partial charge in [0.05, 0.1) is 11.7 Å². The molecule has 1 amide bonds. The van der Waals surface area contributed by atoms with Gasteiger partial charge in [-0.2, -0.15) is 0 Å². The number of pyridine rings is 1. The average Bonchev–Trinajstić information content (AvgIpc) is 2.60. The Hall–Kier alpha value is -2.89. The molecular formula is C17H15FN4O. The van der Waals surface area contributed by atoms with Gasteiger partial charge in [-0.25, -0.2) is 19.3 Å². The lowest BCUT2D eigenvalue weighted by molar-refractivity contribution is 0.0734. The van der Waals surface area contributed by atoms with E-state index in [4.69, 9.17) is 0 Å². The Morgan fingerprint density at radius 1 is 1.22 bits per heavy atom. The second kappa shape index (κ2) is 6.08. The molecule has 0 unspecified atom stereocenters. The number of carbonyl (C=O) groups is 1. The van der Waals surface area contributed by atoms with E-state index in [1.807, 2.05) is 6.92 Å². The molecule has 0 aliphatic heterocycles. The van der Waals surface area contributed by atoms with Gasteiger partial charge in [0.2, 0.25) is 0 Å². The molecule has 5 nitrogen and oxygen atoms in total. The second-order valence-electron chi connectivity index (χ2n) is 5.23. The van der Waals surface area contributed by atoms with Crippen LogP contribution in [0.1, 0.15) is 29.1 Å². The van der Waals surface area contributed by atoms with Gasteiger partial charge in [0, 0.05) is 18.6 Å². The van der Waals surface area contributed by atoms with Gasteiger partial charge in [0.25, 0.3) is 5.91 Å². The van der Waals surface area contributed by atoms with Crippen molar-refractivity contribution in [3.05, 3.63) is 66.1 Å². The van der Waals surface area contributed by atoms with E-state index in [0.717, 1.165) is 5.69 Å². The summed E-state index contributed by atoms with van der Waals surface area (Å²) in [7, 11) is 1.67. The van der Waals surface area contributed by atoms with Crippen LogP contribution in [0.25, 0.3) is 10.9 Å². The third kappa shape index (κ3) is 2.88. The van der Waals surface area contributed by atoms with Crippen molar-refractivity contribution in [3.63, 3.8) is 0 Å². The zero-order valence-electron chi connectivity index (χ0n) is 12.8. The first-order valence-corrected chi connectivity index (χ1v) is 7.16. The largest absolute Gasteiger partial charge is 0.332 e. The van der Waals surface area contributed by atoms with Gasteiger partial charge >= 0.3 is 0 Å². The van der Waals surface area contributed by atoms with Crippen LogP contribution in [0.15, 0.2) is 48.9 Å². The Bertz CT molecular complexity index is 854. The second-order valence-corrected chi connectivity index (χ2v) is 5.23. The van der Waals surface area contributed by atoms with Gasteiger partial charge < -0.3 is 4.90 Å². The van der Waals surface area contributed by atoms with Crippen LogP contribution >= 0.6 is 0 Å². The molecule has 6 heteroatoms. The predicted octanol–water partition coefficient (Wildman–Crippen LogP) is 3.00. The summed E-state index contributed by atoms with van der Waals surface area (Å²) in [6.45, 7) is 1.86. The fourth-order valence-corrected chi connectivity index (χ4v) is 2.33. The molecule has 0 N–H and O–H groups in total. The molecule has 0 radical (unpaired) electrons. The molecule has 23 heavy (non-hydrogen) atoms. The van der Waals surface area contributed by atoms with E-state index in [-0.39, 0.29) is 23.2 Å². The van der Waals surface area contributed by atoms with Crippen LogP contribution in [0, 0.1) is 5.82 Å². The highest BCUT2D eigenvalue weighted by atomic mass is 19.1. The van der Waals surface area contributed by atoms with Gasteiger partial charge in [-0.05, 0) is 25.1 Å². The standard InChI is InChI=1S/C17H15FN4O/c1-11(14-8-9-19-10-20-14)22(2)17(23)15-7-6-12-4-3-5-13(18)16(12)21-15/h3-11H,1-2H3/t11-/m0/s1. The summed E-state index contributed by atoms with van der Waals surface area (Å²) in [6.07, 6.45) is 3.06. The lowest BCUT2D eigenvalue weighted by atomic mass is 10.1. The first kappa shape index (κ1) is 15.0. The smallest absolute Gasteiger partial charge is 0.272 e. The van der Waals surface area contributed by atoms with Crippen LogP contribution in [0.2, 0.25) is 0 Å². The van der Waals surface area contributed by atoms with Crippen molar-refractivity contribution in [2.45, 2.75) is 13.0 Å². The Morgan fingerprint density at radius 3 is 2.78 bits per heavy atom. The minimum absolute atomic E-state index is 0.196. The fourth-order valence-electron chi connectivity index (χ4n) is 2.33. The zero-order valence-corrected chi connectivity index (χ0v) is 12.8. The average molecular weight is 310 g/mol. The first-order chi connectivity index (χ1) is 11.1. The van der Waals surface area contributed by atoms with Gasteiger partial charge in [-0.15, -0.1) is 0 Å². The number of rotatable bonds is 3. The van der Waals surface area contributed by atoms with E-state index in [2.05, 4.69) is 15.0 Å². The maximum absolute atomic E-state index is 13.8. The number of amides is 1. The molecule has 3 aromatic rings. The molecule has 0 bridgehead atoms. The fraction of sp³-hybridized carbons (Fsp3) is 0.176. The molecule has 0 saturated heterocycles. The van der Waals surface area contributed by atoms with Crippen molar-refractivity contribution < 1.29 is 9.18 Å². The summed E-state index contributed by atoms with van der Waals surface area (Å²) in [5.74, 6) is -0.732. The Morgan fingerprint density at radius 2 is 2.04 bits per heavy atom. The van der Waals surface area contributed by atoms with E-state index in [1.54, 1.807) is 43.6 Å². The molecule has 116 valence electrons. The zero-order chi connectivity index (χ0) is 16.4. The predicted molar refractivity (Wildman–Crippen MR) is 84.2 cm³/mol. The van der Waals surface area contributed by atoms with Gasteiger partial charge in [-0.3, -0.25) is 4.79 Å². The van der Waals surface area contributed by atoms with E-state index in [1.165, 1.54) is 17.3 Å². The third-order valence-corrected chi connectivity index (χ3v) is 3.82. The highest BCUT2D eigenvalue weighted by Crippen LogP contribution is 2.20. The number of halogens is 1. The van der Waals surface area contributed by atoms with Crippen molar-refractivity contribution in [3.8, 4) is 0 Å². The van der Waals surface area contributed by atoms with Crippen LogP contribution in [-0.4, -0.2) is 32.8 Å². The van der Waals surface area contributed by atoms with Gasteiger partial charge in [-0.1, -0.05) is 18.2 Å². The Kier molecular flexibility index (Phi) is 3.97. The topological polar surface area (TPSA) is 59.0 Å². The number of carbonyl (C=O) groups excluding carboxylic acids is 1. The minimum Gasteiger partial charge on any atom is -0.332 e. The number of aromatic nitrogens is 3. The summed E-state index contributed by atoms with van der Waals surface area (Å²) >= 11 is 0. The molecule has 1 aromatic carbocycles. The van der Waals surface area contributed by atoms with E-state index in [9.17, 15) is 9.18 Å². The van der Waals surface area contributed by atoms with Gasteiger partial charge in [0.15, 0.2) is 0 Å². The molecule has 0 saturated carbocycles. The van der Waals surface area contributed by atoms with E-state index in [0.29, 0.717) is 5.39 Å². The van der Waals surface area contributed by atoms with Crippen LogP contribution in [-0.2, 0) is 0 Å². The van der Waals surface area contributed by atoms with E-state index >= 15 is 0 Å². The van der Waals surface area contributed by atoms with Crippen LogP contribution in [0.4, 0.5) is 4.39 Å². The summed E-state index contributed by atoms with van der Waals surface area (Å²) in [6, 6.07) is 9.51. The Labute approximate surface area is 132 Å². The Balaban J connectivity index is 1.92. The molecule has 0 fully saturated rings. The minimum atomic E-state index is -0.441. The van der Waals surface area contributed by atoms with Crippen molar-refractivity contribution in [1.82, 2.24) is 19.9 Å².